The van der Waals surface area contributed by atoms with Gasteiger partial charge in [-0.1, -0.05) is 36.0 Å². The van der Waals surface area contributed by atoms with Crippen molar-refractivity contribution in [3.05, 3.63) is 59.7 Å². The van der Waals surface area contributed by atoms with Gasteiger partial charge in [0, 0.05) is 6.54 Å². The van der Waals surface area contributed by atoms with Crippen LogP contribution < -0.4 is 5.43 Å². The van der Waals surface area contributed by atoms with E-state index in [-0.39, 0.29) is 11.7 Å². The molecule has 0 aliphatic rings. The number of nitrogens with zero attached hydrogens (tertiary/aromatic N) is 3. The van der Waals surface area contributed by atoms with Crippen molar-refractivity contribution in [3.63, 3.8) is 0 Å². The summed E-state index contributed by atoms with van der Waals surface area (Å²) in [5.41, 5.74) is 3.96. The fourth-order valence-electron chi connectivity index (χ4n) is 2.57. The minimum atomic E-state index is -4.38. The van der Waals surface area contributed by atoms with Gasteiger partial charge in [-0.15, -0.1) is 0 Å². The Morgan fingerprint density at radius 3 is 2.61 bits per heavy atom. The van der Waals surface area contributed by atoms with E-state index in [1.54, 1.807) is 0 Å². The van der Waals surface area contributed by atoms with Gasteiger partial charge in [0.1, 0.15) is 0 Å². The zero-order valence-corrected chi connectivity index (χ0v) is 15.7. The van der Waals surface area contributed by atoms with Gasteiger partial charge in [-0.3, -0.25) is 4.79 Å². The molecule has 3 rings (SSSR count). The summed E-state index contributed by atoms with van der Waals surface area (Å²) in [5.74, 6) is -0.212. The van der Waals surface area contributed by atoms with Crippen molar-refractivity contribution >= 4 is 34.9 Å². The van der Waals surface area contributed by atoms with E-state index >= 15 is 0 Å². The molecule has 0 saturated carbocycles. The number of nitrogens with one attached hydrogen (secondary N) is 1. The molecule has 146 valence electrons. The van der Waals surface area contributed by atoms with Gasteiger partial charge < -0.3 is 4.57 Å². The van der Waals surface area contributed by atoms with Crippen LogP contribution in [-0.4, -0.2) is 27.4 Å². The first-order valence-corrected chi connectivity index (χ1v) is 9.44. The van der Waals surface area contributed by atoms with Crippen LogP contribution in [0.5, 0.6) is 0 Å². The number of imidazole rings is 1. The highest BCUT2D eigenvalue weighted by Crippen LogP contribution is 2.29. The van der Waals surface area contributed by atoms with Crippen LogP contribution in [0.15, 0.2) is 58.8 Å². The van der Waals surface area contributed by atoms with Gasteiger partial charge in [0.15, 0.2) is 5.16 Å². The van der Waals surface area contributed by atoms with Crippen molar-refractivity contribution < 1.29 is 18.0 Å². The van der Waals surface area contributed by atoms with Gasteiger partial charge in [0.05, 0.1) is 28.6 Å². The molecule has 5 nitrogen and oxygen atoms in total. The van der Waals surface area contributed by atoms with Crippen LogP contribution in [0.4, 0.5) is 13.2 Å². The molecule has 0 aliphatic carbocycles. The quantitative estimate of drug-likeness (QED) is 0.377. The zero-order chi connectivity index (χ0) is 20.1. The normalized spacial score (nSPS) is 12.0. The number of thioether (sulfide) groups is 1. The van der Waals surface area contributed by atoms with Crippen molar-refractivity contribution in [1.29, 1.82) is 0 Å². The molecule has 0 unspecified atom stereocenters. The van der Waals surface area contributed by atoms with Crippen molar-refractivity contribution in [2.24, 2.45) is 5.10 Å². The maximum atomic E-state index is 12.5. The maximum absolute atomic E-state index is 12.5. The summed E-state index contributed by atoms with van der Waals surface area (Å²) >= 11 is 1.30. The number of fused-ring (bicyclic) bond motifs is 1. The average Bonchev–Trinajstić information content (AvgIpc) is 3.03. The van der Waals surface area contributed by atoms with Crippen LogP contribution >= 0.6 is 11.8 Å². The molecule has 0 fully saturated rings. The molecule has 0 saturated heterocycles. The minimum absolute atomic E-state index is 0.119. The number of hydrazone groups is 1. The van der Waals surface area contributed by atoms with E-state index in [1.165, 1.54) is 30.1 Å². The predicted octanol–water partition coefficient (Wildman–Crippen LogP) is 4.32. The molecule has 0 radical (unpaired) electrons. The number of carbonyl (C=O) groups is 1. The second kappa shape index (κ2) is 8.47. The Morgan fingerprint density at radius 1 is 1.21 bits per heavy atom. The van der Waals surface area contributed by atoms with Crippen molar-refractivity contribution in [2.75, 3.05) is 5.75 Å². The third kappa shape index (κ3) is 4.72. The van der Waals surface area contributed by atoms with E-state index in [0.717, 1.165) is 34.9 Å². The summed E-state index contributed by atoms with van der Waals surface area (Å²) in [5, 5.41) is 4.53. The monoisotopic (exact) mass is 406 g/mol. The van der Waals surface area contributed by atoms with Crippen LogP contribution in [0.1, 0.15) is 18.1 Å². The summed E-state index contributed by atoms with van der Waals surface area (Å²) in [6.45, 7) is 2.74. The topological polar surface area (TPSA) is 59.3 Å². The second-order valence-electron chi connectivity index (χ2n) is 5.83. The van der Waals surface area contributed by atoms with Crippen LogP contribution in [-0.2, 0) is 17.5 Å². The molecular formula is C19H17F3N4OS. The van der Waals surface area contributed by atoms with E-state index in [9.17, 15) is 18.0 Å². The Balaban J connectivity index is 1.56. The van der Waals surface area contributed by atoms with Gasteiger partial charge in [0.2, 0.25) is 0 Å². The Morgan fingerprint density at radius 2 is 1.93 bits per heavy atom. The van der Waals surface area contributed by atoms with Gasteiger partial charge in [-0.05, 0) is 36.8 Å². The van der Waals surface area contributed by atoms with Crippen LogP contribution in [0.25, 0.3) is 11.0 Å². The molecule has 0 spiro atoms. The van der Waals surface area contributed by atoms with Gasteiger partial charge in [0.25, 0.3) is 5.91 Å². The van der Waals surface area contributed by atoms with Crippen LogP contribution in [0, 0.1) is 0 Å². The van der Waals surface area contributed by atoms with Crippen molar-refractivity contribution in [1.82, 2.24) is 15.0 Å². The smallest absolute Gasteiger partial charge is 0.319 e. The van der Waals surface area contributed by atoms with Crippen molar-refractivity contribution in [2.45, 2.75) is 24.8 Å². The highest BCUT2D eigenvalue weighted by Gasteiger charge is 2.29. The number of hydrogen-bond acceptors (Lipinski definition) is 4. The number of alkyl halides is 3. The first-order valence-electron chi connectivity index (χ1n) is 8.45. The van der Waals surface area contributed by atoms with Crippen LogP contribution in [0.2, 0.25) is 0 Å². The zero-order valence-electron chi connectivity index (χ0n) is 14.9. The molecule has 1 N–H and O–H groups in total. The lowest BCUT2D eigenvalue weighted by atomic mass is 10.1. The maximum Gasteiger partial charge on any atom is 0.416 e. The van der Waals surface area contributed by atoms with E-state index in [0.29, 0.717) is 5.56 Å². The average molecular weight is 406 g/mol. The van der Waals surface area contributed by atoms with Gasteiger partial charge in [-0.25, -0.2) is 10.4 Å². The highest BCUT2D eigenvalue weighted by atomic mass is 32.2. The summed E-state index contributed by atoms with van der Waals surface area (Å²) in [6, 6.07) is 12.3. The van der Waals surface area contributed by atoms with Crippen molar-refractivity contribution in [3.8, 4) is 0 Å². The number of para-hydroxylation sites is 2. The molecule has 1 amide bonds. The van der Waals surface area contributed by atoms with Crippen LogP contribution in [0.3, 0.4) is 0 Å². The summed E-state index contributed by atoms with van der Waals surface area (Å²) in [7, 11) is 0. The molecular weight excluding hydrogens is 389 g/mol. The molecule has 2 aromatic carbocycles. The fraction of sp³-hybridized carbons (Fsp3) is 0.211. The number of halogens is 3. The number of aromatic nitrogens is 2. The number of aryl methyl sites for hydroxylation is 1. The highest BCUT2D eigenvalue weighted by molar-refractivity contribution is 7.99. The number of amides is 1. The third-order valence-corrected chi connectivity index (χ3v) is 4.89. The summed E-state index contributed by atoms with van der Waals surface area (Å²) < 4.78 is 39.6. The lowest BCUT2D eigenvalue weighted by Crippen LogP contribution is -2.20. The molecule has 1 aromatic heterocycles. The molecule has 9 heteroatoms. The Hall–Kier alpha value is -2.81. The van der Waals surface area contributed by atoms with E-state index < -0.39 is 11.7 Å². The van der Waals surface area contributed by atoms with E-state index in [4.69, 9.17) is 0 Å². The number of hydrogen-bond donors (Lipinski definition) is 1. The third-order valence-electron chi connectivity index (χ3n) is 3.91. The predicted molar refractivity (Wildman–Crippen MR) is 103 cm³/mol. The standard InChI is InChI=1S/C19H17F3N4OS/c1-2-26-16-6-4-3-5-15(16)24-18(26)28-12-17(27)25-23-11-13-7-9-14(10-8-13)19(20,21)22/h3-11H,2,12H2,1H3,(H,25,27)/b23-11-. The van der Waals surface area contributed by atoms with Gasteiger partial charge in [-0.2, -0.15) is 18.3 Å². The fourth-order valence-corrected chi connectivity index (χ4v) is 3.44. The SMILES string of the molecule is CCn1c(SCC(=O)N/N=C\c2ccc(C(F)(F)F)cc2)nc2ccccc21. The largest absolute Gasteiger partial charge is 0.416 e. The second-order valence-corrected chi connectivity index (χ2v) is 6.77. The number of carbonyl (C=O) groups excluding carboxylic acids is 1. The van der Waals surface area contributed by atoms with E-state index in [1.807, 2.05) is 35.8 Å². The summed E-state index contributed by atoms with van der Waals surface area (Å²) in [6.07, 6.45) is -3.08. The number of rotatable bonds is 6. The lowest BCUT2D eigenvalue weighted by Gasteiger charge is -2.06. The molecule has 0 aliphatic heterocycles. The molecule has 1 heterocycles. The Kier molecular flexibility index (Phi) is 6.03. The van der Waals surface area contributed by atoms with Gasteiger partial charge >= 0.3 is 6.18 Å². The van der Waals surface area contributed by atoms with E-state index in [2.05, 4.69) is 15.5 Å². The Bertz CT molecular complexity index is 997. The Labute approximate surface area is 163 Å². The first-order chi connectivity index (χ1) is 13.4. The molecule has 3 aromatic rings. The number of benzene rings is 2. The molecule has 0 bridgehead atoms. The minimum Gasteiger partial charge on any atom is -0.319 e. The molecule has 28 heavy (non-hydrogen) atoms. The molecule has 0 atom stereocenters. The summed E-state index contributed by atoms with van der Waals surface area (Å²) in [4.78, 5) is 16.5. The first kappa shape index (κ1) is 19.9. The lowest BCUT2D eigenvalue weighted by molar-refractivity contribution is -0.137.